The van der Waals surface area contributed by atoms with Crippen molar-refractivity contribution in [2.75, 3.05) is 39.5 Å². The van der Waals surface area contributed by atoms with Crippen LogP contribution in [-0.4, -0.2) is 67.4 Å². The molecule has 2 aliphatic heterocycles. The molecule has 0 unspecified atom stereocenters. The number of sulfonamides is 1. The highest BCUT2D eigenvalue weighted by molar-refractivity contribution is 7.89. The molecule has 29 heavy (non-hydrogen) atoms. The molecule has 2 aromatic rings. The number of aryl methyl sites for hydroxylation is 2. The molecule has 2 aliphatic rings. The van der Waals surface area contributed by atoms with Crippen molar-refractivity contribution < 1.29 is 27.5 Å². The summed E-state index contributed by atoms with van der Waals surface area (Å²) in [7, 11) is -3.66. The van der Waals surface area contributed by atoms with Crippen molar-refractivity contribution in [3.63, 3.8) is 0 Å². The molecule has 0 bridgehead atoms. The standard InChI is InChI=1S/C19H25N3O6S/c1-13-19(14(2)28-20-13)29(24,25)22-7-3-6-21(8-9-22)11-16(23)15-4-5-17-18(10-15)27-12-26-17/h4-5,10,16,23H,3,6-9,11-12H2,1-2H3/t16-/m1/s1. The minimum atomic E-state index is -3.66. The third kappa shape index (κ3) is 3.97. The Kier molecular flexibility index (Phi) is 5.52. The van der Waals surface area contributed by atoms with Gasteiger partial charge in [-0.25, -0.2) is 8.42 Å². The minimum absolute atomic E-state index is 0.159. The van der Waals surface area contributed by atoms with Crippen LogP contribution >= 0.6 is 0 Å². The number of hydrogen-bond acceptors (Lipinski definition) is 8. The van der Waals surface area contributed by atoms with Gasteiger partial charge in [-0.15, -0.1) is 0 Å². The number of ether oxygens (including phenoxy) is 2. The molecule has 0 aliphatic carbocycles. The van der Waals surface area contributed by atoms with Gasteiger partial charge in [0.1, 0.15) is 10.6 Å². The smallest absolute Gasteiger partial charge is 0.248 e. The van der Waals surface area contributed by atoms with E-state index in [0.717, 1.165) is 5.56 Å². The van der Waals surface area contributed by atoms with E-state index in [0.29, 0.717) is 62.1 Å². The van der Waals surface area contributed by atoms with Crippen LogP contribution in [0.2, 0.25) is 0 Å². The Morgan fingerprint density at radius 3 is 2.69 bits per heavy atom. The summed E-state index contributed by atoms with van der Waals surface area (Å²) >= 11 is 0. The number of hydrogen-bond donors (Lipinski definition) is 1. The number of β-amino-alcohol motifs (C(OH)–C–C–N with tert-alkyl or cyclic N) is 1. The number of fused-ring (bicyclic) bond motifs is 1. The molecule has 158 valence electrons. The van der Waals surface area contributed by atoms with Gasteiger partial charge in [0.25, 0.3) is 0 Å². The number of aromatic nitrogens is 1. The van der Waals surface area contributed by atoms with Crippen LogP contribution in [0.25, 0.3) is 0 Å². The van der Waals surface area contributed by atoms with Gasteiger partial charge in [0.15, 0.2) is 17.3 Å². The Balaban J connectivity index is 1.41. The second-order valence-electron chi connectivity index (χ2n) is 7.34. The van der Waals surface area contributed by atoms with Crippen LogP contribution in [0.1, 0.15) is 29.5 Å². The van der Waals surface area contributed by atoms with Crippen LogP contribution in [0.4, 0.5) is 0 Å². The average Bonchev–Trinajstić information content (AvgIpc) is 3.21. The van der Waals surface area contributed by atoms with E-state index in [1.54, 1.807) is 26.0 Å². The SMILES string of the molecule is Cc1noc(C)c1S(=O)(=O)N1CCCN(C[C@@H](O)c2ccc3c(c2)OCO3)CC1. The fraction of sp³-hybridized carbons (Fsp3) is 0.526. The largest absolute Gasteiger partial charge is 0.454 e. The molecule has 3 heterocycles. The van der Waals surface area contributed by atoms with Gasteiger partial charge in [0.05, 0.1) is 6.10 Å². The average molecular weight is 423 g/mol. The van der Waals surface area contributed by atoms with Crippen molar-refractivity contribution in [1.29, 1.82) is 0 Å². The second kappa shape index (κ2) is 7.94. The van der Waals surface area contributed by atoms with Crippen molar-refractivity contribution in [3.05, 3.63) is 35.2 Å². The molecular weight excluding hydrogens is 398 g/mol. The first-order chi connectivity index (χ1) is 13.9. The van der Waals surface area contributed by atoms with E-state index in [2.05, 4.69) is 10.1 Å². The van der Waals surface area contributed by atoms with E-state index in [9.17, 15) is 13.5 Å². The molecular formula is C19H25N3O6S. The summed E-state index contributed by atoms with van der Waals surface area (Å²) in [5.74, 6) is 1.62. The molecule has 0 radical (unpaired) electrons. The Hall–Kier alpha value is -2.14. The lowest BCUT2D eigenvalue weighted by atomic mass is 10.1. The third-order valence-corrected chi connectivity index (χ3v) is 7.47. The summed E-state index contributed by atoms with van der Waals surface area (Å²) in [6, 6.07) is 5.41. The van der Waals surface area contributed by atoms with Crippen LogP contribution in [0.15, 0.2) is 27.6 Å². The third-order valence-electron chi connectivity index (χ3n) is 5.33. The molecule has 9 nitrogen and oxygen atoms in total. The maximum absolute atomic E-state index is 13.0. The van der Waals surface area contributed by atoms with E-state index in [4.69, 9.17) is 14.0 Å². The van der Waals surface area contributed by atoms with Gasteiger partial charge in [-0.3, -0.25) is 4.90 Å². The fourth-order valence-corrected chi connectivity index (χ4v) is 5.57. The number of nitrogens with zero attached hydrogens (tertiary/aromatic N) is 3. The van der Waals surface area contributed by atoms with Gasteiger partial charge in [-0.1, -0.05) is 11.2 Å². The number of aliphatic hydroxyl groups excluding tert-OH is 1. The van der Waals surface area contributed by atoms with Crippen molar-refractivity contribution in [2.45, 2.75) is 31.3 Å². The van der Waals surface area contributed by atoms with Crippen LogP contribution in [0.3, 0.4) is 0 Å². The Morgan fingerprint density at radius 2 is 1.93 bits per heavy atom. The summed E-state index contributed by atoms with van der Waals surface area (Å²) in [5, 5.41) is 14.4. The van der Waals surface area contributed by atoms with E-state index in [1.807, 2.05) is 6.07 Å². The van der Waals surface area contributed by atoms with Crippen molar-refractivity contribution in [3.8, 4) is 11.5 Å². The van der Waals surface area contributed by atoms with E-state index < -0.39 is 16.1 Å². The molecule has 10 heteroatoms. The van der Waals surface area contributed by atoms with E-state index in [-0.39, 0.29) is 11.7 Å². The molecule has 1 aromatic carbocycles. The normalized spacial score (nSPS) is 19.3. The van der Waals surface area contributed by atoms with Crippen molar-refractivity contribution >= 4 is 10.0 Å². The predicted molar refractivity (Wildman–Crippen MR) is 103 cm³/mol. The van der Waals surface area contributed by atoms with Gasteiger partial charge in [-0.05, 0) is 44.5 Å². The van der Waals surface area contributed by atoms with Crippen LogP contribution < -0.4 is 9.47 Å². The highest BCUT2D eigenvalue weighted by Gasteiger charge is 2.32. The van der Waals surface area contributed by atoms with Crippen molar-refractivity contribution in [2.24, 2.45) is 0 Å². The first-order valence-electron chi connectivity index (χ1n) is 9.59. The van der Waals surface area contributed by atoms with Crippen LogP contribution in [0, 0.1) is 13.8 Å². The zero-order valence-electron chi connectivity index (χ0n) is 16.5. The van der Waals surface area contributed by atoms with Gasteiger partial charge >= 0.3 is 0 Å². The summed E-state index contributed by atoms with van der Waals surface area (Å²) in [6.07, 6.45) is -0.0218. The molecule has 1 saturated heterocycles. The lowest BCUT2D eigenvalue weighted by Crippen LogP contribution is -2.36. The molecule has 1 atom stereocenters. The molecule has 1 N–H and O–H groups in total. The maximum Gasteiger partial charge on any atom is 0.248 e. The fourth-order valence-electron chi connectivity index (χ4n) is 3.81. The van der Waals surface area contributed by atoms with Crippen LogP contribution in [-0.2, 0) is 10.0 Å². The zero-order valence-corrected chi connectivity index (χ0v) is 17.3. The van der Waals surface area contributed by atoms with Gasteiger partial charge in [0.2, 0.25) is 16.8 Å². The van der Waals surface area contributed by atoms with Gasteiger partial charge in [0, 0.05) is 26.2 Å². The minimum Gasteiger partial charge on any atom is -0.454 e. The highest BCUT2D eigenvalue weighted by atomic mass is 32.2. The first kappa shape index (κ1) is 20.1. The van der Waals surface area contributed by atoms with Crippen LogP contribution in [0.5, 0.6) is 11.5 Å². The molecule has 0 saturated carbocycles. The highest BCUT2D eigenvalue weighted by Crippen LogP contribution is 2.34. The van der Waals surface area contributed by atoms with E-state index in [1.165, 1.54) is 4.31 Å². The Morgan fingerprint density at radius 1 is 1.14 bits per heavy atom. The zero-order chi connectivity index (χ0) is 20.6. The summed E-state index contributed by atoms with van der Waals surface area (Å²) in [5.41, 5.74) is 1.13. The Labute approximate surface area is 169 Å². The van der Waals surface area contributed by atoms with E-state index >= 15 is 0 Å². The molecule has 0 spiro atoms. The summed E-state index contributed by atoms with van der Waals surface area (Å²) in [6.45, 7) is 5.85. The van der Waals surface area contributed by atoms with Crippen molar-refractivity contribution in [1.82, 2.24) is 14.4 Å². The topological polar surface area (TPSA) is 105 Å². The quantitative estimate of drug-likeness (QED) is 0.770. The second-order valence-corrected chi connectivity index (χ2v) is 9.21. The molecule has 1 fully saturated rings. The monoisotopic (exact) mass is 423 g/mol. The number of aliphatic hydroxyl groups is 1. The molecule has 4 rings (SSSR count). The summed E-state index contributed by atoms with van der Waals surface area (Å²) in [4.78, 5) is 2.24. The predicted octanol–water partition coefficient (Wildman–Crippen LogP) is 1.45. The molecule has 0 amide bonds. The summed E-state index contributed by atoms with van der Waals surface area (Å²) < 4.78 is 43.3. The first-order valence-corrected chi connectivity index (χ1v) is 11.0. The maximum atomic E-state index is 13.0. The lowest BCUT2D eigenvalue weighted by Gasteiger charge is -2.24. The number of rotatable bonds is 5. The molecule has 1 aromatic heterocycles. The van der Waals surface area contributed by atoms with Gasteiger partial charge in [-0.2, -0.15) is 4.31 Å². The number of benzene rings is 1. The lowest BCUT2D eigenvalue weighted by molar-refractivity contribution is 0.116. The van der Waals surface area contributed by atoms with Gasteiger partial charge < -0.3 is 19.1 Å². The Bertz CT molecular complexity index is 970.